The Balaban J connectivity index is 2.07. The maximum atomic E-state index is 11.9. The number of nitrogens with one attached hydrogen (secondary N) is 1. The molecule has 0 aliphatic heterocycles. The number of hydrogen-bond acceptors (Lipinski definition) is 1. The lowest BCUT2D eigenvalue weighted by molar-refractivity contribution is -0.111. The number of aryl methyl sites for hydroxylation is 3. The lowest BCUT2D eigenvalue weighted by Crippen LogP contribution is -2.08. The Kier molecular flexibility index (Phi) is 4.81. The first-order valence-electron chi connectivity index (χ1n) is 6.77. The summed E-state index contributed by atoms with van der Waals surface area (Å²) < 4.78 is 0. The van der Waals surface area contributed by atoms with Crippen LogP contribution in [-0.4, -0.2) is 5.91 Å². The zero-order chi connectivity index (χ0) is 15.4. The minimum atomic E-state index is -0.156. The highest BCUT2D eigenvalue weighted by atomic mass is 35.5. The van der Waals surface area contributed by atoms with Crippen LogP contribution in [0.2, 0.25) is 5.02 Å². The van der Waals surface area contributed by atoms with E-state index in [1.807, 2.05) is 51.1 Å². The maximum Gasteiger partial charge on any atom is 0.248 e. The van der Waals surface area contributed by atoms with Gasteiger partial charge in [-0.15, -0.1) is 0 Å². The van der Waals surface area contributed by atoms with Crippen LogP contribution < -0.4 is 5.32 Å². The summed E-state index contributed by atoms with van der Waals surface area (Å²) in [6.07, 6.45) is 3.27. The van der Waals surface area contributed by atoms with Crippen LogP contribution in [0.15, 0.2) is 42.5 Å². The molecule has 0 aliphatic rings. The highest BCUT2D eigenvalue weighted by Crippen LogP contribution is 2.18. The molecule has 1 N–H and O–H groups in total. The third kappa shape index (κ3) is 4.47. The highest BCUT2D eigenvalue weighted by Gasteiger charge is 2.00. The minimum Gasteiger partial charge on any atom is -0.322 e. The van der Waals surface area contributed by atoms with Crippen LogP contribution in [0.1, 0.15) is 22.3 Å². The van der Waals surface area contributed by atoms with Gasteiger partial charge >= 0.3 is 0 Å². The molecule has 2 rings (SSSR count). The van der Waals surface area contributed by atoms with Crippen molar-refractivity contribution < 1.29 is 4.79 Å². The quantitative estimate of drug-likeness (QED) is 0.801. The molecule has 0 saturated heterocycles. The van der Waals surface area contributed by atoms with Gasteiger partial charge in [-0.3, -0.25) is 4.79 Å². The van der Waals surface area contributed by atoms with Crippen molar-refractivity contribution in [2.45, 2.75) is 20.8 Å². The molecule has 0 heterocycles. The van der Waals surface area contributed by atoms with E-state index >= 15 is 0 Å². The van der Waals surface area contributed by atoms with Crippen LogP contribution in [0, 0.1) is 20.8 Å². The smallest absolute Gasteiger partial charge is 0.248 e. The van der Waals surface area contributed by atoms with Crippen LogP contribution in [0.25, 0.3) is 6.08 Å². The van der Waals surface area contributed by atoms with Crippen molar-refractivity contribution in [3.8, 4) is 0 Å². The summed E-state index contributed by atoms with van der Waals surface area (Å²) in [6.45, 7) is 5.96. The van der Waals surface area contributed by atoms with Crippen molar-refractivity contribution in [2.75, 3.05) is 5.32 Å². The predicted molar refractivity (Wildman–Crippen MR) is 89.8 cm³/mol. The number of amides is 1. The maximum absolute atomic E-state index is 11.9. The number of halogens is 1. The molecular weight excluding hydrogens is 282 g/mol. The zero-order valence-electron chi connectivity index (χ0n) is 12.4. The zero-order valence-corrected chi connectivity index (χ0v) is 13.2. The van der Waals surface area contributed by atoms with Gasteiger partial charge in [-0.2, -0.15) is 0 Å². The van der Waals surface area contributed by atoms with E-state index in [9.17, 15) is 4.79 Å². The molecule has 0 bridgehead atoms. The molecule has 0 aromatic heterocycles. The Morgan fingerprint density at radius 1 is 1.05 bits per heavy atom. The number of benzene rings is 2. The van der Waals surface area contributed by atoms with Crippen molar-refractivity contribution in [3.05, 3.63) is 69.8 Å². The topological polar surface area (TPSA) is 29.1 Å². The van der Waals surface area contributed by atoms with E-state index in [4.69, 9.17) is 11.6 Å². The van der Waals surface area contributed by atoms with Crippen molar-refractivity contribution in [3.63, 3.8) is 0 Å². The number of hydrogen-bond donors (Lipinski definition) is 1. The first-order valence-corrected chi connectivity index (χ1v) is 7.15. The molecule has 0 atom stereocenters. The van der Waals surface area contributed by atoms with Gasteiger partial charge in [-0.1, -0.05) is 29.8 Å². The number of carbonyl (C=O) groups is 1. The summed E-state index contributed by atoms with van der Waals surface area (Å²) in [4.78, 5) is 11.9. The Morgan fingerprint density at radius 2 is 1.71 bits per heavy atom. The molecule has 3 heteroatoms. The van der Waals surface area contributed by atoms with Gasteiger partial charge in [0.25, 0.3) is 0 Å². The Hall–Kier alpha value is -2.06. The van der Waals surface area contributed by atoms with E-state index in [2.05, 4.69) is 11.4 Å². The lowest BCUT2D eigenvalue weighted by Gasteiger charge is -2.05. The summed E-state index contributed by atoms with van der Waals surface area (Å²) in [7, 11) is 0. The van der Waals surface area contributed by atoms with Crippen LogP contribution in [0.4, 0.5) is 5.69 Å². The van der Waals surface area contributed by atoms with Crippen LogP contribution in [0.3, 0.4) is 0 Å². The second-order valence-corrected chi connectivity index (χ2v) is 5.61. The molecule has 2 nitrogen and oxygen atoms in total. The van der Waals surface area contributed by atoms with Crippen LogP contribution >= 0.6 is 11.6 Å². The molecule has 0 spiro atoms. The SMILES string of the molecule is Cc1cc(C)cc(NC(=O)C=Cc2ccc(C)c(Cl)c2)c1. The van der Waals surface area contributed by atoms with Crippen LogP contribution in [0.5, 0.6) is 0 Å². The van der Waals surface area contributed by atoms with Gasteiger partial charge in [0, 0.05) is 16.8 Å². The number of anilines is 1. The molecule has 2 aromatic carbocycles. The number of rotatable bonds is 3. The average molecular weight is 300 g/mol. The van der Waals surface area contributed by atoms with E-state index in [1.165, 1.54) is 6.08 Å². The monoisotopic (exact) mass is 299 g/mol. The first-order chi connectivity index (χ1) is 9.94. The third-order valence-corrected chi connectivity index (χ3v) is 3.52. The largest absolute Gasteiger partial charge is 0.322 e. The molecular formula is C18H18ClNO. The van der Waals surface area contributed by atoms with Crippen LogP contribution in [-0.2, 0) is 4.79 Å². The Labute approximate surface area is 130 Å². The van der Waals surface area contributed by atoms with Crippen molar-refractivity contribution >= 4 is 29.3 Å². The van der Waals surface area contributed by atoms with Gasteiger partial charge in [-0.05, 0) is 67.3 Å². The second kappa shape index (κ2) is 6.59. The molecule has 21 heavy (non-hydrogen) atoms. The fourth-order valence-electron chi connectivity index (χ4n) is 2.12. The molecule has 108 valence electrons. The first kappa shape index (κ1) is 15.3. The normalized spacial score (nSPS) is 10.9. The number of carbonyl (C=O) groups excluding carboxylic acids is 1. The van der Waals surface area contributed by atoms with E-state index in [-0.39, 0.29) is 5.91 Å². The van der Waals surface area contributed by atoms with Gasteiger partial charge < -0.3 is 5.32 Å². The van der Waals surface area contributed by atoms with Gasteiger partial charge in [0.05, 0.1) is 0 Å². The molecule has 0 fully saturated rings. The van der Waals surface area contributed by atoms with Gasteiger partial charge in [0.1, 0.15) is 0 Å². The molecule has 1 amide bonds. The third-order valence-electron chi connectivity index (χ3n) is 3.11. The van der Waals surface area contributed by atoms with Crippen molar-refractivity contribution in [2.24, 2.45) is 0 Å². The Morgan fingerprint density at radius 3 is 2.33 bits per heavy atom. The van der Waals surface area contributed by atoms with Crippen molar-refractivity contribution in [1.82, 2.24) is 0 Å². The minimum absolute atomic E-state index is 0.156. The molecule has 0 radical (unpaired) electrons. The van der Waals surface area contributed by atoms with Gasteiger partial charge in [0.15, 0.2) is 0 Å². The molecule has 0 aliphatic carbocycles. The summed E-state index contributed by atoms with van der Waals surface area (Å²) in [5, 5.41) is 3.56. The summed E-state index contributed by atoms with van der Waals surface area (Å²) in [5.74, 6) is -0.156. The van der Waals surface area contributed by atoms with E-state index in [0.717, 1.165) is 27.9 Å². The van der Waals surface area contributed by atoms with E-state index in [1.54, 1.807) is 6.08 Å². The van der Waals surface area contributed by atoms with Gasteiger partial charge in [0.2, 0.25) is 5.91 Å². The molecule has 2 aromatic rings. The Bertz CT molecular complexity index is 684. The molecule has 0 saturated carbocycles. The predicted octanol–water partition coefficient (Wildman–Crippen LogP) is 4.92. The summed E-state index contributed by atoms with van der Waals surface area (Å²) in [6, 6.07) is 11.7. The fraction of sp³-hybridized carbons (Fsp3) is 0.167. The standard InChI is InChI=1S/C18H18ClNO/c1-12-8-13(2)10-16(9-12)20-18(21)7-6-15-5-4-14(3)17(19)11-15/h4-11H,1-3H3,(H,20,21). The molecule has 0 unspecified atom stereocenters. The van der Waals surface area contributed by atoms with E-state index < -0.39 is 0 Å². The fourth-order valence-corrected chi connectivity index (χ4v) is 2.30. The lowest BCUT2D eigenvalue weighted by atomic mass is 10.1. The second-order valence-electron chi connectivity index (χ2n) is 5.21. The average Bonchev–Trinajstić information content (AvgIpc) is 2.39. The van der Waals surface area contributed by atoms with Crippen molar-refractivity contribution in [1.29, 1.82) is 0 Å². The summed E-state index contributed by atoms with van der Waals surface area (Å²) in [5.41, 5.74) is 4.98. The van der Waals surface area contributed by atoms with Gasteiger partial charge in [-0.25, -0.2) is 0 Å². The highest BCUT2D eigenvalue weighted by molar-refractivity contribution is 6.31. The van der Waals surface area contributed by atoms with E-state index in [0.29, 0.717) is 5.02 Å². The summed E-state index contributed by atoms with van der Waals surface area (Å²) >= 11 is 6.06.